The number of aromatic nitrogens is 3. The van der Waals surface area contributed by atoms with Crippen molar-refractivity contribution < 1.29 is 13.6 Å². The number of benzene rings is 2. The Morgan fingerprint density at radius 3 is 2.42 bits per heavy atom. The highest BCUT2D eigenvalue weighted by molar-refractivity contribution is 7.99. The Bertz CT molecular complexity index is 895. The summed E-state index contributed by atoms with van der Waals surface area (Å²) < 4.78 is 29.1. The summed E-state index contributed by atoms with van der Waals surface area (Å²) in [7, 11) is 0. The predicted molar refractivity (Wildman–Crippen MR) is 96.8 cm³/mol. The normalized spacial score (nSPS) is 10.7. The standard InChI is InChI=1S/C18H16F2N4OS/c1-2-24-17(12-7-4-3-5-8-12)22-23-18(24)26-11-15(25)21-16-13(19)9-6-10-14(16)20/h3-10H,2,11H2,1H3,(H,21,25). The third-order valence-corrected chi connectivity index (χ3v) is 4.59. The van der Waals surface area contributed by atoms with Gasteiger partial charge in [-0.25, -0.2) is 8.78 Å². The van der Waals surface area contributed by atoms with Gasteiger partial charge in [-0.2, -0.15) is 0 Å². The fourth-order valence-electron chi connectivity index (χ4n) is 2.40. The highest BCUT2D eigenvalue weighted by Crippen LogP contribution is 2.24. The van der Waals surface area contributed by atoms with E-state index in [0.717, 1.165) is 29.5 Å². The SMILES string of the molecule is CCn1c(SCC(=O)Nc2c(F)cccc2F)nnc1-c1ccccc1. The van der Waals surface area contributed by atoms with Crippen molar-refractivity contribution in [3.63, 3.8) is 0 Å². The van der Waals surface area contributed by atoms with E-state index in [2.05, 4.69) is 15.5 Å². The molecule has 0 unspecified atom stereocenters. The van der Waals surface area contributed by atoms with Crippen LogP contribution in [-0.2, 0) is 11.3 Å². The van der Waals surface area contributed by atoms with Gasteiger partial charge in [-0.05, 0) is 19.1 Å². The van der Waals surface area contributed by atoms with Gasteiger partial charge in [0.25, 0.3) is 0 Å². The summed E-state index contributed by atoms with van der Waals surface area (Å²) in [5.74, 6) is -1.49. The van der Waals surface area contributed by atoms with Gasteiger partial charge in [-0.15, -0.1) is 10.2 Å². The molecule has 134 valence electrons. The van der Waals surface area contributed by atoms with Crippen molar-refractivity contribution >= 4 is 23.4 Å². The minimum atomic E-state index is -0.813. The monoisotopic (exact) mass is 374 g/mol. The van der Waals surface area contributed by atoms with Gasteiger partial charge in [0, 0.05) is 12.1 Å². The number of nitrogens with one attached hydrogen (secondary N) is 1. The molecule has 0 fully saturated rings. The molecule has 0 saturated heterocycles. The zero-order chi connectivity index (χ0) is 18.5. The Hall–Kier alpha value is -2.74. The molecule has 2 aromatic carbocycles. The van der Waals surface area contributed by atoms with E-state index in [-0.39, 0.29) is 5.75 Å². The van der Waals surface area contributed by atoms with E-state index >= 15 is 0 Å². The van der Waals surface area contributed by atoms with Crippen molar-refractivity contribution in [3.05, 3.63) is 60.2 Å². The second-order valence-corrected chi connectivity index (χ2v) is 6.29. The Morgan fingerprint density at radius 2 is 1.77 bits per heavy atom. The van der Waals surface area contributed by atoms with Crippen molar-refractivity contribution in [1.82, 2.24) is 14.8 Å². The minimum Gasteiger partial charge on any atom is -0.320 e. The van der Waals surface area contributed by atoms with Gasteiger partial charge in [0.15, 0.2) is 11.0 Å². The van der Waals surface area contributed by atoms with Crippen LogP contribution in [-0.4, -0.2) is 26.4 Å². The molecule has 0 radical (unpaired) electrons. The summed E-state index contributed by atoms with van der Waals surface area (Å²) in [5.41, 5.74) is 0.478. The van der Waals surface area contributed by atoms with Crippen LogP contribution in [0.15, 0.2) is 53.7 Å². The van der Waals surface area contributed by atoms with Gasteiger partial charge in [0.1, 0.15) is 17.3 Å². The molecule has 0 spiro atoms. The Balaban J connectivity index is 1.70. The Kier molecular flexibility index (Phi) is 5.62. The molecule has 1 aromatic heterocycles. The largest absolute Gasteiger partial charge is 0.320 e. The molecule has 0 aliphatic carbocycles. The van der Waals surface area contributed by atoms with Crippen molar-refractivity contribution in [2.45, 2.75) is 18.6 Å². The Labute approximate surface area is 153 Å². The van der Waals surface area contributed by atoms with Crippen molar-refractivity contribution in [2.24, 2.45) is 0 Å². The minimum absolute atomic E-state index is 0.0410. The number of nitrogens with zero attached hydrogens (tertiary/aromatic N) is 3. The number of carbonyl (C=O) groups excluding carboxylic acids is 1. The zero-order valence-electron chi connectivity index (χ0n) is 13.9. The lowest BCUT2D eigenvalue weighted by Gasteiger charge is -2.08. The number of amides is 1. The predicted octanol–water partition coefficient (Wildman–Crippen LogP) is 3.97. The lowest BCUT2D eigenvalue weighted by Crippen LogP contribution is -2.16. The number of hydrogen-bond acceptors (Lipinski definition) is 4. The molecule has 1 N–H and O–H groups in total. The van der Waals surface area contributed by atoms with Crippen LogP contribution >= 0.6 is 11.8 Å². The van der Waals surface area contributed by atoms with Crippen LogP contribution in [0.25, 0.3) is 11.4 Å². The number of rotatable bonds is 6. The van der Waals surface area contributed by atoms with Gasteiger partial charge in [0.05, 0.1) is 5.75 Å². The van der Waals surface area contributed by atoms with Crippen LogP contribution in [0, 0.1) is 11.6 Å². The Morgan fingerprint density at radius 1 is 1.08 bits per heavy atom. The number of anilines is 1. The number of thioether (sulfide) groups is 1. The maximum Gasteiger partial charge on any atom is 0.235 e. The highest BCUT2D eigenvalue weighted by atomic mass is 32.2. The van der Waals surface area contributed by atoms with Crippen LogP contribution in [0.5, 0.6) is 0 Å². The van der Waals surface area contributed by atoms with E-state index < -0.39 is 23.2 Å². The molecule has 0 aliphatic heterocycles. The van der Waals surface area contributed by atoms with E-state index in [9.17, 15) is 13.6 Å². The lowest BCUT2D eigenvalue weighted by atomic mass is 10.2. The van der Waals surface area contributed by atoms with Crippen molar-refractivity contribution in [2.75, 3.05) is 11.1 Å². The van der Waals surface area contributed by atoms with E-state index in [1.165, 1.54) is 6.07 Å². The first-order chi connectivity index (χ1) is 12.6. The fraction of sp³-hybridized carbons (Fsp3) is 0.167. The lowest BCUT2D eigenvalue weighted by molar-refractivity contribution is -0.113. The average molecular weight is 374 g/mol. The van der Waals surface area contributed by atoms with Gasteiger partial charge in [-0.3, -0.25) is 4.79 Å². The van der Waals surface area contributed by atoms with E-state index in [0.29, 0.717) is 17.5 Å². The molecule has 1 amide bonds. The molecule has 0 atom stereocenters. The zero-order valence-corrected chi connectivity index (χ0v) is 14.8. The molecule has 3 rings (SSSR count). The summed E-state index contributed by atoms with van der Waals surface area (Å²) in [6.45, 7) is 2.58. The summed E-state index contributed by atoms with van der Waals surface area (Å²) in [4.78, 5) is 12.0. The molecule has 1 heterocycles. The van der Waals surface area contributed by atoms with Crippen molar-refractivity contribution in [3.8, 4) is 11.4 Å². The summed E-state index contributed by atoms with van der Waals surface area (Å²) >= 11 is 1.16. The molecule has 0 aliphatic rings. The first-order valence-electron chi connectivity index (χ1n) is 7.95. The smallest absolute Gasteiger partial charge is 0.235 e. The fourth-order valence-corrected chi connectivity index (χ4v) is 3.21. The highest BCUT2D eigenvalue weighted by Gasteiger charge is 2.16. The number of carbonyl (C=O) groups is 1. The summed E-state index contributed by atoms with van der Waals surface area (Å²) in [6.07, 6.45) is 0. The second kappa shape index (κ2) is 8.09. The molecule has 0 saturated carbocycles. The molecule has 8 heteroatoms. The summed E-state index contributed by atoms with van der Waals surface area (Å²) in [5, 5.41) is 11.1. The van der Waals surface area contributed by atoms with Gasteiger partial charge < -0.3 is 9.88 Å². The van der Waals surface area contributed by atoms with Gasteiger partial charge >= 0.3 is 0 Å². The number of halogens is 2. The second-order valence-electron chi connectivity index (χ2n) is 5.35. The molecule has 0 bridgehead atoms. The van der Waals surface area contributed by atoms with Crippen LogP contribution in [0.2, 0.25) is 0 Å². The quantitative estimate of drug-likeness (QED) is 0.663. The summed E-state index contributed by atoms with van der Waals surface area (Å²) in [6, 6.07) is 13.0. The molecular weight excluding hydrogens is 358 g/mol. The third-order valence-electron chi connectivity index (χ3n) is 3.62. The first-order valence-corrected chi connectivity index (χ1v) is 8.94. The molecule has 26 heavy (non-hydrogen) atoms. The maximum absolute atomic E-state index is 13.6. The first kappa shape index (κ1) is 18.1. The van der Waals surface area contributed by atoms with Gasteiger partial charge in [0.2, 0.25) is 5.91 Å². The molecule has 3 aromatic rings. The van der Waals surface area contributed by atoms with Crippen LogP contribution in [0.1, 0.15) is 6.92 Å². The van der Waals surface area contributed by atoms with Gasteiger partial charge in [-0.1, -0.05) is 48.2 Å². The number of para-hydroxylation sites is 1. The van der Waals surface area contributed by atoms with E-state index in [4.69, 9.17) is 0 Å². The van der Waals surface area contributed by atoms with Crippen molar-refractivity contribution in [1.29, 1.82) is 0 Å². The average Bonchev–Trinajstić information content (AvgIpc) is 3.07. The maximum atomic E-state index is 13.6. The number of hydrogen-bond donors (Lipinski definition) is 1. The van der Waals surface area contributed by atoms with E-state index in [1.807, 2.05) is 41.8 Å². The molecular formula is C18H16F2N4OS. The van der Waals surface area contributed by atoms with Crippen LogP contribution < -0.4 is 5.32 Å². The topological polar surface area (TPSA) is 59.8 Å². The van der Waals surface area contributed by atoms with Crippen LogP contribution in [0.4, 0.5) is 14.5 Å². The van der Waals surface area contributed by atoms with E-state index in [1.54, 1.807) is 0 Å². The third kappa shape index (κ3) is 3.91. The van der Waals surface area contributed by atoms with Crippen LogP contribution in [0.3, 0.4) is 0 Å². The molecule has 5 nitrogen and oxygen atoms in total.